The predicted octanol–water partition coefficient (Wildman–Crippen LogP) is 2.59. The van der Waals surface area contributed by atoms with Crippen molar-refractivity contribution in [3.63, 3.8) is 0 Å². The number of nitrogens with zero attached hydrogens (tertiary/aromatic N) is 1. The van der Waals surface area contributed by atoms with Crippen molar-refractivity contribution in [1.29, 1.82) is 0 Å². The van der Waals surface area contributed by atoms with Gasteiger partial charge in [0.2, 0.25) is 12.5 Å². The molecule has 29 heavy (non-hydrogen) atoms. The summed E-state index contributed by atoms with van der Waals surface area (Å²) >= 11 is 0. The number of aliphatic hydroxyl groups is 1. The maximum absolute atomic E-state index is 10.1. The lowest BCUT2D eigenvalue weighted by Crippen LogP contribution is -2.40. The van der Waals surface area contributed by atoms with E-state index in [-0.39, 0.29) is 19.4 Å². The second-order valence-corrected chi connectivity index (χ2v) is 7.54. The number of benzene rings is 2. The van der Waals surface area contributed by atoms with E-state index in [1.54, 1.807) is 21.3 Å². The molecule has 5 rings (SSSR count). The Balaban J connectivity index is 1.65. The number of ether oxygens (including phenoxy) is 5. The van der Waals surface area contributed by atoms with E-state index in [0.717, 1.165) is 54.1 Å². The Hall–Kier alpha value is -2.64. The molecule has 0 spiro atoms. The molecule has 0 bridgehead atoms. The molecule has 1 atom stereocenters. The summed E-state index contributed by atoms with van der Waals surface area (Å²) in [5, 5.41) is 10.1. The van der Waals surface area contributed by atoms with Crippen LogP contribution in [0.5, 0.6) is 28.7 Å². The van der Waals surface area contributed by atoms with Crippen LogP contribution in [0.4, 0.5) is 0 Å². The smallest absolute Gasteiger partial charge is 0.231 e. The summed E-state index contributed by atoms with van der Waals surface area (Å²) < 4.78 is 28.2. The zero-order valence-electron chi connectivity index (χ0n) is 16.9. The van der Waals surface area contributed by atoms with Gasteiger partial charge in [-0.3, -0.25) is 4.90 Å². The van der Waals surface area contributed by atoms with Crippen molar-refractivity contribution in [2.45, 2.75) is 32.0 Å². The lowest BCUT2D eigenvalue weighted by Gasteiger charge is -2.42. The van der Waals surface area contributed by atoms with Crippen molar-refractivity contribution >= 4 is 0 Å². The van der Waals surface area contributed by atoms with Gasteiger partial charge in [0.25, 0.3) is 0 Å². The Morgan fingerprint density at radius 1 is 1.07 bits per heavy atom. The van der Waals surface area contributed by atoms with E-state index in [9.17, 15) is 5.11 Å². The zero-order chi connectivity index (χ0) is 20.1. The van der Waals surface area contributed by atoms with Crippen LogP contribution >= 0.6 is 0 Å². The van der Waals surface area contributed by atoms with Crippen LogP contribution in [0.2, 0.25) is 0 Å². The van der Waals surface area contributed by atoms with E-state index >= 15 is 0 Å². The van der Waals surface area contributed by atoms with Gasteiger partial charge in [-0.05, 0) is 41.7 Å². The monoisotopic (exact) mass is 399 g/mol. The summed E-state index contributed by atoms with van der Waals surface area (Å²) in [5.41, 5.74) is 5.49. The molecule has 3 heterocycles. The maximum Gasteiger partial charge on any atom is 0.231 e. The Morgan fingerprint density at radius 2 is 1.90 bits per heavy atom. The Morgan fingerprint density at radius 3 is 2.62 bits per heavy atom. The second kappa shape index (κ2) is 7.00. The average molecular weight is 399 g/mol. The first-order valence-electron chi connectivity index (χ1n) is 9.80. The molecular weight excluding hydrogens is 374 g/mol. The van der Waals surface area contributed by atoms with Crippen molar-refractivity contribution in [2.24, 2.45) is 0 Å². The molecule has 3 aliphatic heterocycles. The summed E-state index contributed by atoms with van der Waals surface area (Å²) in [6.07, 6.45) is 1.68. The van der Waals surface area contributed by atoms with Gasteiger partial charge in [0.05, 0.1) is 27.9 Å². The van der Waals surface area contributed by atoms with E-state index in [1.807, 2.05) is 6.07 Å². The van der Waals surface area contributed by atoms with E-state index in [0.29, 0.717) is 17.2 Å². The summed E-state index contributed by atoms with van der Waals surface area (Å²) in [6, 6.07) is 4.27. The molecule has 0 amide bonds. The minimum atomic E-state index is -0.0967. The average Bonchev–Trinajstić information content (AvgIpc) is 3.22. The highest BCUT2D eigenvalue weighted by Gasteiger charge is 2.39. The summed E-state index contributed by atoms with van der Waals surface area (Å²) in [4.78, 5) is 2.46. The summed E-state index contributed by atoms with van der Waals surface area (Å²) in [7, 11) is 4.92. The van der Waals surface area contributed by atoms with Crippen LogP contribution < -0.4 is 23.7 Å². The van der Waals surface area contributed by atoms with Crippen LogP contribution in [0.15, 0.2) is 12.1 Å². The van der Waals surface area contributed by atoms with Gasteiger partial charge in [0.15, 0.2) is 23.0 Å². The van der Waals surface area contributed by atoms with Gasteiger partial charge in [0.1, 0.15) is 0 Å². The number of methoxy groups -OCH3 is 3. The van der Waals surface area contributed by atoms with Gasteiger partial charge in [-0.25, -0.2) is 0 Å². The Labute approximate surface area is 169 Å². The zero-order valence-corrected chi connectivity index (χ0v) is 16.9. The molecule has 0 unspecified atom stereocenters. The summed E-state index contributed by atoms with van der Waals surface area (Å²) in [5.74, 6) is 3.48. The topological polar surface area (TPSA) is 69.6 Å². The fourth-order valence-corrected chi connectivity index (χ4v) is 5.02. The highest BCUT2D eigenvalue weighted by atomic mass is 16.7. The van der Waals surface area contributed by atoms with Crippen molar-refractivity contribution in [1.82, 2.24) is 4.90 Å². The molecule has 154 valence electrons. The highest BCUT2D eigenvalue weighted by molar-refractivity contribution is 5.63. The van der Waals surface area contributed by atoms with Crippen LogP contribution in [0.1, 0.15) is 33.9 Å². The van der Waals surface area contributed by atoms with Crippen LogP contribution in [-0.4, -0.2) is 44.7 Å². The third kappa shape index (κ3) is 2.64. The van der Waals surface area contributed by atoms with Crippen molar-refractivity contribution in [3.8, 4) is 28.7 Å². The third-order valence-electron chi connectivity index (χ3n) is 6.30. The molecule has 2 aromatic rings. The highest BCUT2D eigenvalue weighted by Crippen LogP contribution is 2.52. The molecule has 7 heteroatoms. The van der Waals surface area contributed by atoms with E-state index in [2.05, 4.69) is 11.0 Å². The molecule has 0 saturated heterocycles. The largest absolute Gasteiger partial charge is 0.493 e. The van der Waals surface area contributed by atoms with Crippen LogP contribution in [0.3, 0.4) is 0 Å². The molecule has 1 N–H and O–H groups in total. The third-order valence-corrected chi connectivity index (χ3v) is 6.30. The Kier molecular flexibility index (Phi) is 4.44. The first-order valence-corrected chi connectivity index (χ1v) is 9.80. The predicted molar refractivity (Wildman–Crippen MR) is 105 cm³/mol. The van der Waals surface area contributed by atoms with Gasteiger partial charge in [-0.2, -0.15) is 0 Å². The molecule has 0 aromatic heterocycles. The number of aliphatic hydroxyl groups excluding tert-OH is 1. The lowest BCUT2D eigenvalue weighted by molar-refractivity contribution is 0.153. The van der Waals surface area contributed by atoms with Gasteiger partial charge in [-0.1, -0.05) is 0 Å². The molecule has 0 radical (unpaired) electrons. The van der Waals surface area contributed by atoms with Gasteiger partial charge < -0.3 is 28.8 Å². The number of fused-ring (bicyclic) bond motifs is 5. The number of hydrogen-bond acceptors (Lipinski definition) is 7. The fourth-order valence-electron chi connectivity index (χ4n) is 5.02. The van der Waals surface area contributed by atoms with E-state index in [4.69, 9.17) is 23.7 Å². The molecule has 3 aliphatic rings. The molecule has 0 aliphatic carbocycles. The summed E-state index contributed by atoms with van der Waals surface area (Å²) in [6.45, 7) is 1.85. The van der Waals surface area contributed by atoms with Crippen LogP contribution in [0.25, 0.3) is 0 Å². The van der Waals surface area contributed by atoms with Gasteiger partial charge in [0, 0.05) is 30.3 Å². The molecule has 2 aromatic carbocycles. The Bertz CT molecular complexity index is 973. The lowest BCUT2D eigenvalue weighted by atomic mass is 9.81. The molecule has 0 fully saturated rings. The molecule has 7 nitrogen and oxygen atoms in total. The minimum absolute atomic E-state index is 0.0967. The normalized spacial score (nSPS) is 19.2. The molecule has 0 saturated carbocycles. The number of hydrogen-bond donors (Lipinski definition) is 1. The van der Waals surface area contributed by atoms with E-state index < -0.39 is 0 Å². The van der Waals surface area contributed by atoms with Crippen molar-refractivity contribution < 1.29 is 28.8 Å². The number of rotatable bonds is 4. The standard InChI is InChI=1S/C22H25NO6/c1-25-17-7-13-9-23-5-4-12-6-18-21(29-11-28-18)22(27-3)19(12)16(23)8-14(13)15(10-24)20(17)26-2/h6-7,16,24H,4-5,8-11H2,1-3H3/t16-/m1/s1. The second-order valence-electron chi connectivity index (χ2n) is 7.54. The van der Waals surface area contributed by atoms with Crippen LogP contribution in [-0.2, 0) is 26.0 Å². The SMILES string of the molecule is COc1cc2c(c(CO)c1OC)C[C@@H]1c3c(cc4c(c3OC)OCO4)CCN1C2. The van der Waals surface area contributed by atoms with Crippen molar-refractivity contribution in [2.75, 3.05) is 34.7 Å². The fraction of sp³-hybridized carbons (Fsp3) is 0.455. The van der Waals surface area contributed by atoms with Gasteiger partial charge >= 0.3 is 0 Å². The van der Waals surface area contributed by atoms with Crippen molar-refractivity contribution in [3.05, 3.63) is 39.9 Å². The molecular formula is C22H25NO6. The first-order chi connectivity index (χ1) is 14.2. The van der Waals surface area contributed by atoms with Gasteiger partial charge in [-0.15, -0.1) is 0 Å². The minimum Gasteiger partial charge on any atom is -0.493 e. The van der Waals surface area contributed by atoms with E-state index in [1.165, 1.54) is 11.1 Å². The first kappa shape index (κ1) is 18.4. The van der Waals surface area contributed by atoms with Crippen LogP contribution in [0, 0.1) is 0 Å². The quantitative estimate of drug-likeness (QED) is 0.847. The maximum atomic E-state index is 10.1.